The molecule has 78 valence electrons. The molecular formula is C9H19NO3. The molecule has 1 aliphatic rings. The molecule has 4 nitrogen and oxygen atoms in total. The standard InChI is InChI=1S/C9H19NO3/c1-8(5-11-2)10-3-4-13-9-6-12-7-9/h8-10H,3-7H2,1-2H3. The molecule has 0 spiro atoms. The van der Waals surface area contributed by atoms with Crippen LogP contribution in [0.25, 0.3) is 0 Å². The van der Waals surface area contributed by atoms with Gasteiger partial charge in [-0.15, -0.1) is 0 Å². The smallest absolute Gasteiger partial charge is 0.104 e. The summed E-state index contributed by atoms with van der Waals surface area (Å²) in [6.45, 7) is 5.98. The minimum absolute atomic E-state index is 0.333. The van der Waals surface area contributed by atoms with E-state index in [0.29, 0.717) is 12.1 Å². The summed E-state index contributed by atoms with van der Waals surface area (Å²) >= 11 is 0. The van der Waals surface area contributed by atoms with Crippen LogP contribution in [0.2, 0.25) is 0 Å². The monoisotopic (exact) mass is 189 g/mol. The molecule has 0 amide bonds. The Bertz CT molecular complexity index is 128. The topological polar surface area (TPSA) is 39.7 Å². The Morgan fingerprint density at radius 1 is 1.54 bits per heavy atom. The van der Waals surface area contributed by atoms with Crippen molar-refractivity contribution in [2.45, 2.75) is 19.1 Å². The van der Waals surface area contributed by atoms with Crippen molar-refractivity contribution in [1.29, 1.82) is 0 Å². The summed E-state index contributed by atoms with van der Waals surface area (Å²) in [5.74, 6) is 0. The molecule has 1 saturated heterocycles. The van der Waals surface area contributed by atoms with Gasteiger partial charge in [0.25, 0.3) is 0 Å². The van der Waals surface area contributed by atoms with Crippen LogP contribution in [0.5, 0.6) is 0 Å². The summed E-state index contributed by atoms with van der Waals surface area (Å²) in [4.78, 5) is 0. The van der Waals surface area contributed by atoms with Crippen molar-refractivity contribution in [3.63, 3.8) is 0 Å². The van der Waals surface area contributed by atoms with Gasteiger partial charge >= 0.3 is 0 Å². The molecule has 1 fully saturated rings. The lowest BCUT2D eigenvalue weighted by atomic mass is 10.3. The average molecular weight is 189 g/mol. The van der Waals surface area contributed by atoms with E-state index < -0.39 is 0 Å². The maximum absolute atomic E-state index is 5.48. The molecule has 0 bridgehead atoms. The lowest BCUT2D eigenvalue weighted by Gasteiger charge is -2.26. The Labute approximate surface area is 79.5 Å². The highest BCUT2D eigenvalue weighted by Crippen LogP contribution is 2.03. The van der Waals surface area contributed by atoms with Crippen LogP contribution in [-0.2, 0) is 14.2 Å². The van der Waals surface area contributed by atoms with Crippen LogP contribution in [0.4, 0.5) is 0 Å². The van der Waals surface area contributed by atoms with Crippen LogP contribution in [0.3, 0.4) is 0 Å². The van der Waals surface area contributed by atoms with E-state index in [4.69, 9.17) is 14.2 Å². The molecule has 4 heteroatoms. The second kappa shape index (κ2) is 6.32. The Morgan fingerprint density at radius 3 is 2.85 bits per heavy atom. The molecule has 1 heterocycles. The Balaban J connectivity index is 1.82. The maximum atomic E-state index is 5.48. The van der Waals surface area contributed by atoms with Gasteiger partial charge in [-0.05, 0) is 6.92 Å². The van der Waals surface area contributed by atoms with E-state index >= 15 is 0 Å². The fourth-order valence-electron chi connectivity index (χ4n) is 1.15. The lowest BCUT2D eigenvalue weighted by Crippen LogP contribution is -2.39. The molecule has 0 saturated carbocycles. The van der Waals surface area contributed by atoms with Crippen molar-refractivity contribution < 1.29 is 14.2 Å². The van der Waals surface area contributed by atoms with Crippen LogP contribution < -0.4 is 5.32 Å². The predicted octanol–water partition coefficient (Wildman–Crippen LogP) is 0.0263. The number of ether oxygens (including phenoxy) is 3. The molecule has 1 N–H and O–H groups in total. The minimum Gasteiger partial charge on any atom is -0.383 e. The molecule has 1 rings (SSSR count). The summed E-state index contributed by atoms with van der Waals surface area (Å²) in [5.41, 5.74) is 0. The van der Waals surface area contributed by atoms with Crippen molar-refractivity contribution in [3.05, 3.63) is 0 Å². The first-order valence-corrected chi connectivity index (χ1v) is 4.74. The highest BCUT2D eigenvalue weighted by molar-refractivity contribution is 4.65. The van der Waals surface area contributed by atoms with Gasteiger partial charge in [0.1, 0.15) is 6.10 Å². The van der Waals surface area contributed by atoms with Gasteiger partial charge in [-0.1, -0.05) is 0 Å². The van der Waals surface area contributed by atoms with Crippen molar-refractivity contribution in [2.24, 2.45) is 0 Å². The van der Waals surface area contributed by atoms with Gasteiger partial charge in [0, 0.05) is 19.7 Å². The van der Waals surface area contributed by atoms with Crippen molar-refractivity contribution in [2.75, 3.05) is 40.1 Å². The van der Waals surface area contributed by atoms with E-state index in [-0.39, 0.29) is 0 Å². The van der Waals surface area contributed by atoms with Gasteiger partial charge in [0.2, 0.25) is 0 Å². The molecule has 0 aliphatic carbocycles. The fraction of sp³-hybridized carbons (Fsp3) is 1.00. The number of rotatable bonds is 7. The zero-order valence-corrected chi connectivity index (χ0v) is 8.41. The molecule has 1 atom stereocenters. The van der Waals surface area contributed by atoms with E-state index in [2.05, 4.69) is 12.2 Å². The molecule has 13 heavy (non-hydrogen) atoms. The molecule has 0 aromatic carbocycles. The zero-order valence-electron chi connectivity index (χ0n) is 8.41. The van der Waals surface area contributed by atoms with Crippen LogP contribution in [0.15, 0.2) is 0 Å². The number of methoxy groups -OCH3 is 1. The Hall–Kier alpha value is -0.160. The van der Waals surface area contributed by atoms with Crippen molar-refractivity contribution >= 4 is 0 Å². The second-order valence-corrected chi connectivity index (χ2v) is 3.34. The number of nitrogens with one attached hydrogen (secondary N) is 1. The maximum Gasteiger partial charge on any atom is 0.104 e. The lowest BCUT2D eigenvalue weighted by molar-refractivity contribution is -0.128. The summed E-state index contributed by atoms with van der Waals surface area (Å²) in [6, 6.07) is 0.395. The fourth-order valence-corrected chi connectivity index (χ4v) is 1.15. The van der Waals surface area contributed by atoms with Gasteiger partial charge in [-0.2, -0.15) is 0 Å². The Morgan fingerprint density at radius 2 is 2.31 bits per heavy atom. The van der Waals surface area contributed by atoms with Gasteiger partial charge in [0.05, 0.1) is 26.4 Å². The van der Waals surface area contributed by atoms with E-state index in [1.165, 1.54) is 0 Å². The summed E-state index contributed by atoms with van der Waals surface area (Å²) < 4.78 is 15.5. The Kier molecular flexibility index (Phi) is 5.31. The van der Waals surface area contributed by atoms with Gasteiger partial charge in [0.15, 0.2) is 0 Å². The van der Waals surface area contributed by atoms with E-state index in [1.54, 1.807) is 7.11 Å². The largest absolute Gasteiger partial charge is 0.383 e. The van der Waals surface area contributed by atoms with E-state index in [1.807, 2.05) is 0 Å². The van der Waals surface area contributed by atoms with E-state index in [0.717, 1.165) is 33.0 Å². The second-order valence-electron chi connectivity index (χ2n) is 3.34. The van der Waals surface area contributed by atoms with Crippen molar-refractivity contribution in [3.8, 4) is 0 Å². The summed E-state index contributed by atoms with van der Waals surface area (Å²) in [5, 5.41) is 3.30. The molecule has 1 unspecified atom stereocenters. The first-order chi connectivity index (χ1) is 6.33. The van der Waals surface area contributed by atoms with Gasteiger partial charge < -0.3 is 19.5 Å². The predicted molar refractivity (Wildman–Crippen MR) is 49.9 cm³/mol. The SMILES string of the molecule is COCC(C)NCCOC1COC1. The third-order valence-electron chi connectivity index (χ3n) is 1.97. The third-order valence-corrected chi connectivity index (χ3v) is 1.97. The van der Waals surface area contributed by atoms with Gasteiger partial charge in [-0.25, -0.2) is 0 Å². The van der Waals surface area contributed by atoms with Crippen molar-refractivity contribution in [1.82, 2.24) is 5.32 Å². The quantitative estimate of drug-likeness (QED) is 0.573. The highest BCUT2D eigenvalue weighted by Gasteiger charge is 2.18. The first-order valence-electron chi connectivity index (χ1n) is 4.74. The molecule has 0 aromatic heterocycles. The normalized spacial score (nSPS) is 19.8. The molecular weight excluding hydrogens is 170 g/mol. The van der Waals surface area contributed by atoms with Crippen LogP contribution >= 0.6 is 0 Å². The highest BCUT2D eigenvalue weighted by atomic mass is 16.6. The minimum atomic E-state index is 0.333. The van der Waals surface area contributed by atoms with Crippen LogP contribution in [-0.4, -0.2) is 52.2 Å². The molecule has 1 aliphatic heterocycles. The summed E-state index contributed by atoms with van der Waals surface area (Å²) in [6.07, 6.45) is 0.333. The third kappa shape index (κ3) is 4.57. The first kappa shape index (κ1) is 10.9. The molecule has 0 aromatic rings. The number of hydrogen-bond acceptors (Lipinski definition) is 4. The zero-order chi connectivity index (χ0) is 9.52. The van der Waals surface area contributed by atoms with Crippen LogP contribution in [0.1, 0.15) is 6.92 Å². The van der Waals surface area contributed by atoms with Gasteiger partial charge in [-0.3, -0.25) is 0 Å². The average Bonchev–Trinajstić information content (AvgIpc) is 2.01. The summed E-state index contributed by atoms with van der Waals surface area (Å²) in [7, 11) is 1.71. The van der Waals surface area contributed by atoms with Crippen LogP contribution in [0, 0.1) is 0 Å². The van der Waals surface area contributed by atoms with E-state index in [9.17, 15) is 0 Å². The molecule has 0 radical (unpaired) electrons. The number of hydrogen-bond donors (Lipinski definition) is 1.